The van der Waals surface area contributed by atoms with Crippen LogP contribution in [0.4, 0.5) is 0 Å². The third kappa shape index (κ3) is 2.31. The van der Waals surface area contributed by atoms with E-state index in [1.165, 1.54) is 17.7 Å². The quantitative estimate of drug-likeness (QED) is 0.900. The summed E-state index contributed by atoms with van der Waals surface area (Å²) >= 11 is 8.03. The number of aryl methyl sites for hydroxylation is 2. The van der Waals surface area contributed by atoms with Gasteiger partial charge in [-0.2, -0.15) is 0 Å². The van der Waals surface area contributed by atoms with E-state index < -0.39 is 0 Å². The van der Waals surface area contributed by atoms with Gasteiger partial charge >= 0.3 is 0 Å². The molecular formula is C15H17ClN2S. The maximum Gasteiger partial charge on any atom is 0.0590 e. The highest BCUT2D eigenvalue weighted by Gasteiger charge is 2.29. The molecule has 2 atom stereocenters. The molecule has 2 heterocycles. The van der Waals surface area contributed by atoms with Gasteiger partial charge in [-0.3, -0.25) is 4.98 Å². The van der Waals surface area contributed by atoms with Gasteiger partial charge in [0.15, 0.2) is 0 Å². The minimum absolute atomic E-state index is 0.0415. The molecule has 0 aromatic carbocycles. The van der Waals surface area contributed by atoms with Crippen LogP contribution in [0.2, 0.25) is 5.02 Å². The van der Waals surface area contributed by atoms with Crippen molar-refractivity contribution in [3.63, 3.8) is 0 Å². The zero-order valence-corrected chi connectivity index (χ0v) is 12.5. The van der Waals surface area contributed by atoms with Crippen LogP contribution in [0.15, 0.2) is 23.7 Å². The Kier molecular flexibility index (Phi) is 3.61. The van der Waals surface area contributed by atoms with Crippen LogP contribution in [0.5, 0.6) is 0 Å². The van der Waals surface area contributed by atoms with Gasteiger partial charge in [-0.05, 0) is 48.8 Å². The maximum absolute atomic E-state index is 6.48. The van der Waals surface area contributed by atoms with Crippen LogP contribution in [-0.4, -0.2) is 4.98 Å². The molecule has 2 aromatic rings. The van der Waals surface area contributed by atoms with E-state index in [9.17, 15) is 0 Å². The molecule has 0 bridgehead atoms. The number of nitrogens with two attached hydrogens (primary N) is 1. The van der Waals surface area contributed by atoms with E-state index in [1.54, 1.807) is 11.3 Å². The molecule has 0 saturated heterocycles. The van der Waals surface area contributed by atoms with Crippen molar-refractivity contribution in [3.05, 3.63) is 50.4 Å². The molecule has 0 amide bonds. The standard InChI is InChI=1S/C15H17ClN2S/c1-9-8-19-15(12(9)16)13(17)11-6-2-4-10-5-3-7-18-14(10)11/h3,5,7-8,11,13H,2,4,6,17H2,1H3. The van der Waals surface area contributed by atoms with Gasteiger partial charge in [-0.1, -0.05) is 17.7 Å². The number of pyridine rings is 1. The Morgan fingerprint density at radius 3 is 3.11 bits per heavy atom. The fourth-order valence-corrected chi connectivity index (χ4v) is 4.24. The normalized spacial score (nSPS) is 20.1. The number of rotatable bonds is 2. The van der Waals surface area contributed by atoms with Crippen LogP contribution < -0.4 is 5.73 Å². The van der Waals surface area contributed by atoms with Crippen molar-refractivity contribution in [1.82, 2.24) is 4.98 Å². The van der Waals surface area contributed by atoms with Gasteiger partial charge in [0.2, 0.25) is 0 Å². The molecule has 4 heteroatoms. The highest BCUT2D eigenvalue weighted by atomic mass is 35.5. The van der Waals surface area contributed by atoms with E-state index in [4.69, 9.17) is 17.3 Å². The lowest BCUT2D eigenvalue weighted by atomic mass is 9.82. The van der Waals surface area contributed by atoms with Crippen LogP contribution in [0.25, 0.3) is 0 Å². The summed E-state index contributed by atoms with van der Waals surface area (Å²) in [5.41, 5.74) is 10.1. The Morgan fingerprint density at radius 2 is 2.37 bits per heavy atom. The molecule has 3 rings (SSSR count). The van der Waals surface area contributed by atoms with Crippen LogP contribution >= 0.6 is 22.9 Å². The summed E-state index contributed by atoms with van der Waals surface area (Å²) in [6.07, 6.45) is 5.26. The molecule has 100 valence electrons. The molecule has 2 aromatic heterocycles. The minimum atomic E-state index is -0.0415. The van der Waals surface area contributed by atoms with Gasteiger partial charge < -0.3 is 5.73 Å². The average Bonchev–Trinajstić information content (AvgIpc) is 2.78. The van der Waals surface area contributed by atoms with Crippen molar-refractivity contribution in [1.29, 1.82) is 0 Å². The van der Waals surface area contributed by atoms with Gasteiger partial charge in [0.25, 0.3) is 0 Å². The average molecular weight is 293 g/mol. The molecule has 0 spiro atoms. The summed E-state index contributed by atoms with van der Waals surface area (Å²) < 4.78 is 0. The molecule has 1 aliphatic rings. The molecule has 19 heavy (non-hydrogen) atoms. The first kappa shape index (κ1) is 13.1. The Hall–Kier alpha value is -0.900. The summed E-state index contributed by atoms with van der Waals surface area (Å²) in [5, 5.41) is 2.92. The topological polar surface area (TPSA) is 38.9 Å². The molecule has 2 nitrogen and oxygen atoms in total. The second-order valence-corrected chi connectivity index (χ2v) is 6.46. The third-order valence-corrected chi connectivity index (χ3v) is 5.72. The van der Waals surface area contributed by atoms with Crippen molar-refractivity contribution >= 4 is 22.9 Å². The first-order chi connectivity index (χ1) is 9.18. The lowest BCUT2D eigenvalue weighted by Crippen LogP contribution is -2.24. The Morgan fingerprint density at radius 1 is 1.53 bits per heavy atom. The number of nitrogens with zero attached hydrogens (tertiary/aromatic N) is 1. The molecule has 2 unspecified atom stereocenters. The van der Waals surface area contributed by atoms with Crippen molar-refractivity contribution in [2.75, 3.05) is 0 Å². The van der Waals surface area contributed by atoms with Gasteiger partial charge in [0, 0.05) is 28.7 Å². The number of aromatic nitrogens is 1. The van der Waals surface area contributed by atoms with Crippen LogP contribution in [0.3, 0.4) is 0 Å². The Labute approximate surface area is 122 Å². The van der Waals surface area contributed by atoms with E-state index in [-0.39, 0.29) is 6.04 Å². The van der Waals surface area contributed by atoms with Crippen molar-refractivity contribution < 1.29 is 0 Å². The third-order valence-electron chi connectivity index (χ3n) is 3.90. The number of halogens is 1. The number of hydrogen-bond acceptors (Lipinski definition) is 3. The summed E-state index contributed by atoms with van der Waals surface area (Å²) in [6, 6.07) is 4.14. The number of fused-ring (bicyclic) bond motifs is 1. The van der Waals surface area contributed by atoms with Crippen molar-refractivity contribution in [2.45, 2.75) is 38.1 Å². The van der Waals surface area contributed by atoms with Crippen LogP contribution in [0, 0.1) is 6.92 Å². The largest absolute Gasteiger partial charge is 0.323 e. The molecular weight excluding hydrogens is 276 g/mol. The number of hydrogen-bond donors (Lipinski definition) is 1. The predicted molar refractivity (Wildman–Crippen MR) is 80.9 cm³/mol. The van der Waals surface area contributed by atoms with Crippen LogP contribution in [0.1, 0.15) is 46.5 Å². The summed E-state index contributed by atoms with van der Waals surface area (Å²) in [7, 11) is 0. The van der Waals surface area contributed by atoms with Gasteiger partial charge in [-0.25, -0.2) is 0 Å². The Balaban J connectivity index is 1.97. The highest BCUT2D eigenvalue weighted by molar-refractivity contribution is 7.10. The number of thiophene rings is 1. The van der Waals surface area contributed by atoms with Gasteiger partial charge in [-0.15, -0.1) is 11.3 Å². The SMILES string of the molecule is Cc1csc(C(N)C2CCCc3cccnc32)c1Cl. The van der Waals surface area contributed by atoms with E-state index in [1.807, 2.05) is 19.2 Å². The monoisotopic (exact) mass is 292 g/mol. The van der Waals surface area contributed by atoms with E-state index >= 15 is 0 Å². The summed E-state index contributed by atoms with van der Waals surface area (Å²) in [6.45, 7) is 2.03. The highest BCUT2D eigenvalue weighted by Crippen LogP contribution is 2.42. The lowest BCUT2D eigenvalue weighted by molar-refractivity contribution is 0.467. The first-order valence-corrected chi connectivity index (χ1v) is 7.87. The molecule has 0 aliphatic heterocycles. The van der Waals surface area contributed by atoms with E-state index in [0.717, 1.165) is 28.3 Å². The van der Waals surface area contributed by atoms with Crippen LogP contribution in [-0.2, 0) is 6.42 Å². The van der Waals surface area contributed by atoms with Gasteiger partial charge in [0.05, 0.1) is 5.02 Å². The van der Waals surface area contributed by atoms with Crippen molar-refractivity contribution in [3.8, 4) is 0 Å². The smallest absolute Gasteiger partial charge is 0.0590 e. The van der Waals surface area contributed by atoms with Gasteiger partial charge in [0.1, 0.15) is 0 Å². The first-order valence-electron chi connectivity index (χ1n) is 6.61. The van der Waals surface area contributed by atoms with Crippen molar-refractivity contribution in [2.24, 2.45) is 5.73 Å². The lowest BCUT2D eigenvalue weighted by Gasteiger charge is -2.28. The zero-order valence-electron chi connectivity index (χ0n) is 10.9. The molecule has 0 saturated carbocycles. The summed E-state index contributed by atoms with van der Waals surface area (Å²) in [4.78, 5) is 5.66. The molecule has 0 fully saturated rings. The van der Waals surface area contributed by atoms with E-state index in [0.29, 0.717) is 5.92 Å². The maximum atomic E-state index is 6.48. The molecule has 0 radical (unpaired) electrons. The minimum Gasteiger partial charge on any atom is -0.323 e. The second-order valence-electron chi connectivity index (χ2n) is 5.17. The zero-order chi connectivity index (χ0) is 13.4. The molecule has 2 N–H and O–H groups in total. The fraction of sp³-hybridized carbons (Fsp3) is 0.400. The predicted octanol–water partition coefficient (Wildman–Crippen LogP) is 4.22. The summed E-state index contributed by atoms with van der Waals surface area (Å²) in [5.74, 6) is 0.292. The molecule has 1 aliphatic carbocycles. The Bertz CT molecular complexity index is 594. The second kappa shape index (κ2) is 5.23. The van der Waals surface area contributed by atoms with E-state index in [2.05, 4.69) is 16.4 Å². The fourth-order valence-electron chi connectivity index (χ4n) is 2.85.